The molecule has 0 unspecified atom stereocenters. The van der Waals surface area contributed by atoms with Crippen molar-refractivity contribution in [1.82, 2.24) is 4.72 Å². The van der Waals surface area contributed by atoms with Crippen molar-refractivity contribution in [3.8, 4) is 0 Å². The van der Waals surface area contributed by atoms with Gasteiger partial charge < -0.3 is 10.2 Å². The number of unbranched alkanes of at least 4 members (excludes halogenated alkanes) is 2. The molecule has 0 atom stereocenters. The molecule has 16 heavy (non-hydrogen) atoms. The van der Waals surface area contributed by atoms with Crippen LogP contribution in [0.15, 0.2) is 0 Å². The van der Waals surface area contributed by atoms with E-state index in [9.17, 15) is 13.2 Å². The average molecular weight is 253 g/mol. The Bertz CT molecular complexity index is 288. The Morgan fingerprint density at radius 2 is 1.81 bits per heavy atom. The zero-order valence-corrected chi connectivity index (χ0v) is 10.0. The molecule has 0 aromatic heterocycles. The van der Waals surface area contributed by atoms with E-state index in [-0.39, 0.29) is 25.2 Å². The molecule has 6 nitrogen and oxygen atoms in total. The molecule has 0 amide bonds. The van der Waals surface area contributed by atoms with Gasteiger partial charge in [0.05, 0.1) is 5.75 Å². The highest BCUT2D eigenvalue weighted by Crippen LogP contribution is 1.97. The van der Waals surface area contributed by atoms with E-state index in [1.807, 2.05) is 0 Å². The lowest BCUT2D eigenvalue weighted by molar-refractivity contribution is -0.137. The van der Waals surface area contributed by atoms with Crippen molar-refractivity contribution in [2.24, 2.45) is 0 Å². The quantitative estimate of drug-likeness (QED) is 0.473. The lowest BCUT2D eigenvalue weighted by Crippen LogP contribution is -2.27. The molecule has 0 saturated heterocycles. The fourth-order valence-corrected chi connectivity index (χ4v) is 2.25. The predicted octanol–water partition coefficient (Wildman–Crippen LogP) is -0.0668. The van der Waals surface area contributed by atoms with Crippen LogP contribution in [0.5, 0.6) is 0 Å². The van der Waals surface area contributed by atoms with Crippen LogP contribution in [0.25, 0.3) is 0 Å². The van der Waals surface area contributed by atoms with E-state index < -0.39 is 16.0 Å². The predicted molar refractivity (Wildman–Crippen MR) is 59.6 cm³/mol. The molecule has 3 N–H and O–H groups in total. The first-order valence-electron chi connectivity index (χ1n) is 5.28. The molecular weight excluding hydrogens is 234 g/mol. The number of nitrogens with one attached hydrogen (secondary N) is 1. The minimum Gasteiger partial charge on any atom is -0.481 e. The molecule has 0 radical (unpaired) electrons. The molecule has 0 aromatic rings. The maximum atomic E-state index is 11.3. The Balaban J connectivity index is 3.58. The topological polar surface area (TPSA) is 104 Å². The molecule has 0 aliphatic carbocycles. The van der Waals surface area contributed by atoms with Gasteiger partial charge in [-0.05, 0) is 25.7 Å². The van der Waals surface area contributed by atoms with Crippen molar-refractivity contribution >= 4 is 16.0 Å². The number of aliphatic hydroxyl groups excluding tert-OH is 1. The van der Waals surface area contributed by atoms with Crippen LogP contribution < -0.4 is 4.72 Å². The zero-order valence-electron chi connectivity index (χ0n) is 9.18. The van der Waals surface area contributed by atoms with E-state index in [0.717, 1.165) is 6.42 Å². The Morgan fingerprint density at radius 1 is 1.12 bits per heavy atom. The van der Waals surface area contributed by atoms with E-state index >= 15 is 0 Å². The van der Waals surface area contributed by atoms with E-state index in [4.69, 9.17) is 10.2 Å². The van der Waals surface area contributed by atoms with Gasteiger partial charge in [0.25, 0.3) is 0 Å². The number of hydrogen-bond donors (Lipinski definition) is 3. The zero-order chi connectivity index (χ0) is 12.4. The Morgan fingerprint density at radius 3 is 2.38 bits per heavy atom. The van der Waals surface area contributed by atoms with Crippen LogP contribution in [0.1, 0.15) is 32.1 Å². The van der Waals surface area contributed by atoms with Gasteiger partial charge in [0, 0.05) is 19.6 Å². The van der Waals surface area contributed by atoms with E-state index in [1.54, 1.807) is 0 Å². The maximum Gasteiger partial charge on any atom is 0.303 e. The number of aliphatic hydroxyl groups is 1. The molecule has 0 fully saturated rings. The third kappa shape index (κ3) is 9.88. The van der Waals surface area contributed by atoms with Crippen LogP contribution in [-0.2, 0) is 14.8 Å². The summed E-state index contributed by atoms with van der Waals surface area (Å²) in [6.07, 6.45) is 2.11. The van der Waals surface area contributed by atoms with Crippen LogP contribution in [0.2, 0.25) is 0 Å². The van der Waals surface area contributed by atoms with Gasteiger partial charge in [-0.2, -0.15) is 0 Å². The summed E-state index contributed by atoms with van der Waals surface area (Å²) in [5.41, 5.74) is 0. The SMILES string of the molecule is O=C(O)CCCS(=O)(=O)NCCCCCO. The summed E-state index contributed by atoms with van der Waals surface area (Å²) in [5, 5.41) is 16.8. The summed E-state index contributed by atoms with van der Waals surface area (Å²) in [4.78, 5) is 10.2. The van der Waals surface area contributed by atoms with Crippen LogP contribution in [0.3, 0.4) is 0 Å². The molecule has 0 aromatic carbocycles. The number of rotatable bonds is 10. The van der Waals surface area contributed by atoms with Crippen molar-refractivity contribution in [1.29, 1.82) is 0 Å². The number of carboxylic acid groups (broad SMARTS) is 1. The van der Waals surface area contributed by atoms with Gasteiger partial charge in [-0.3, -0.25) is 4.79 Å². The third-order valence-corrected chi connectivity index (χ3v) is 3.43. The van der Waals surface area contributed by atoms with Gasteiger partial charge in [-0.1, -0.05) is 0 Å². The molecule has 0 aliphatic rings. The summed E-state index contributed by atoms with van der Waals surface area (Å²) in [5.74, 6) is -1.14. The van der Waals surface area contributed by atoms with Gasteiger partial charge in [0.2, 0.25) is 10.0 Å². The van der Waals surface area contributed by atoms with Gasteiger partial charge >= 0.3 is 5.97 Å². The number of aliphatic carboxylic acids is 1. The first kappa shape index (κ1) is 15.3. The molecule has 0 spiro atoms. The highest BCUT2D eigenvalue weighted by atomic mass is 32.2. The molecule has 0 aliphatic heterocycles. The number of carboxylic acids is 1. The van der Waals surface area contributed by atoms with Crippen molar-refractivity contribution in [3.63, 3.8) is 0 Å². The van der Waals surface area contributed by atoms with Gasteiger partial charge in [0.15, 0.2) is 0 Å². The smallest absolute Gasteiger partial charge is 0.303 e. The molecule has 7 heteroatoms. The molecule has 0 saturated carbocycles. The second-order valence-corrected chi connectivity index (χ2v) is 5.42. The minimum absolute atomic E-state index is 0.116. The van der Waals surface area contributed by atoms with Crippen LogP contribution >= 0.6 is 0 Å². The first-order valence-corrected chi connectivity index (χ1v) is 6.93. The normalized spacial score (nSPS) is 11.6. The second kappa shape index (κ2) is 8.49. The summed E-state index contributed by atoms with van der Waals surface area (Å²) in [7, 11) is -3.34. The van der Waals surface area contributed by atoms with Gasteiger partial charge in [0.1, 0.15) is 0 Å². The number of sulfonamides is 1. The summed E-state index contributed by atoms with van der Waals surface area (Å²) < 4.78 is 25.0. The highest BCUT2D eigenvalue weighted by molar-refractivity contribution is 7.89. The van der Waals surface area contributed by atoms with Crippen molar-refractivity contribution < 1.29 is 23.4 Å². The van der Waals surface area contributed by atoms with Gasteiger partial charge in [-0.25, -0.2) is 13.1 Å². The van der Waals surface area contributed by atoms with Crippen LogP contribution in [0.4, 0.5) is 0 Å². The van der Waals surface area contributed by atoms with Crippen LogP contribution in [-0.4, -0.2) is 43.5 Å². The van der Waals surface area contributed by atoms with Crippen LogP contribution in [0, 0.1) is 0 Å². The molecule has 0 bridgehead atoms. The van der Waals surface area contributed by atoms with Gasteiger partial charge in [-0.15, -0.1) is 0 Å². The summed E-state index contributed by atoms with van der Waals surface area (Å²) in [6.45, 7) is 0.459. The standard InChI is InChI=1S/C9H19NO5S/c11-7-3-1-2-6-10-16(14,15)8-4-5-9(12)13/h10-11H,1-8H2,(H,12,13). The fourth-order valence-electron chi connectivity index (χ4n) is 1.13. The highest BCUT2D eigenvalue weighted by Gasteiger charge is 2.09. The van der Waals surface area contributed by atoms with Crippen molar-refractivity contribution in [3.05, 3.63) is 0 Å². The molecule has 0 rings (SSSR count). The average Bonchev–Trinajstić information content (AvgIpc) is 2.16. The third-order valence-electron chi connectivity index (χ3n) is 1.96. The largest absolute Gasteiger partial charge is 0.481 e. The second-order valence-electron chi connectivity index (χ2n) is 3.49. The van der Waals surface area contributed by atoms with E-state index in [1.165, 1.54) is 0 Å². The number of carbonyl (C=O) groups is 1. The summed E-state index contributed by atoms with van der Waals surface area (Å²) in [6, 6.07) is 0. The Kier molecular flexibility index (Phi) is 8.14. The molecule has 96 valence electrons. The maximum absolute atomic E-state index is 11.3. The fraction of sp³-hybridized carbons (Fsp3) is 0.889. The Hall–Kier alpha value is -0.660. The monoisotopic (exact) mass is 253 g/mol. The summed E-state index contributed by atoms with van der Waals surface area (Å²) >= 11 is 0. The lowest BCUT2D eigenvalue weighted by Gasteiger charge is -2.05. The molecular formula is C9H19NO5S. The molecule has 0 heterocycles. The first-order chi connectivity index (χ1) is 7.48. The van der Waals surface area contributed by atoms with Crippen molar-refractivity contribution in [2.45, 2.75) is 32.1 Å². The minimum atomic E-state index is -3.34. The lowest BCUT2D eigenvalue weighted by atomic mass is 10.2. The number of hydrogen-bond acceptors (Lipinski definition) is 4. The van der Waals surface area contributed by atoms with E-state index in [0.29, 0.717) is 19.4 Å². The van der Waals surface area contributed by atoms with E-state index in [2.05, 4.69) is 4.72 Å². The van der Waals surface area contributed by atoms with Crippen molar-refractivity contribution in [2.75, 3.05) is 18.9 Å². The Labute approximate surface area is 95.7 Å².